The van der Waals surface area contributed by atoms with Gasteiger partial charge in [0.25, 0.3) is 5.56 Å². The standard InChI is InChI=1S/C20H24N2O3/c1-15-6-8-16(9-7-15)14-22-12-4-5-17(19(22)24)21-18(23)13-20(25)10-2-3-11-20/h4-9,12,25H,2-3,10-11,13-14H2,1H3,(H,21,23). The van der Waals surface area contributed by atoms with E-state index >= 15 is 0 Å². The average molecular weight is 340 g/mol. The molecule has 25 heavy (non-hydrogen) atoms. The van der Waals surface area contributed by atoms with Gasteiger partial charge in [0.2, 0.25) is 5.91 Å². The molecule has 0 radical (unpaired) electrons. The molecule has 5 heteroatoms. The summed E-state index contributed by atoms with van der Waals surface area (Å²) in [6, 6.07) is 11.3. The van der Waals surface area contributed by atoms with Crippen LogP contribution in [0.25, 0.3) is 0 Å². The summed E-state index contributed by atoms with van der Waals surface area (Å²) in [4.78, 5) is 24.8. The highest BCUT2D eigenvalue weighted by molar-refractivity contribution is 5.91. The highest BCUT2D eigenvalue weighted by Gasteiger charge is 2.33. The lowest BCUT2D eigenvalue weighted by Crippen LogP contribution is -2.32. The van der Waals surface area contributed by atoms with Gasteiger partial charge in [-0.15, -0.1) is 0 Å². The van der Waals surface area contributed by atoms with E-state index in [9.17, 15) is 14.7 Å². The topological polar surface area (TPSA) is 71.3 Å². The second-order valence-electron chi connectivity index (χ2n) is 7.00. The second-order valence-corrected chi connectivity index (χ2v) is 7.00. The third-order valence-electron chi connectivity index (χ3n) is 4.79. The number of benzene rings is 1. The molecule has 1 heterocycles. The Morgan fingerprint density at radius 1 is 1.20 bits per heavy atom. The number of nitrogens with one attached hydrogen (secondary N) is 1. The number of aromatic nitrogens is 1. The molecule has 1 aromatic carbocycles. The van der Waals surface area contributed by atoms with Crippen LogP contribution in [0.4, 0.5) is 5.69 Å². The van der Waals surface area contributed by atoms with Crippen LogP contribution in [-0.2, 0) is 11.3 Å². The van der Waals surface area contributed by atoms with Gasteiger partial charge in [-0.3, -0.25) is 9.59 Å². The molecule has 1 saturated carbocycles. The molecule has 1 amide bonds. The van der Waals surface area contributed by atoms with Crippen molar-refractivity contribution in [1.82, 2.24) is 4.57 Å². The fourth-order valence-electron chi connectivity index (χ4n) is 3.35. The van der Waals surface area contributed by atoms with E-state index < -0.39 is 5.60 Å². The molecule has 3 rings (SSSR count). The van der Waals surface area contributed by atoms with Crippen molar-refractivity contribution >= 4 is 11.6 Å². The fraction of sp³-hybridized carbons (Fsp3) is 0.400. The van der Waals surface area contributed by atoms with E-state index in [-0.39, 0.29) is 23.6 Å². The van der Waals surface area contributed by atoms with Crippen LogP contribution in [0.15, 0.2) is 47.4 Å². The number of hydrogen-bond donors (Lipinski definition) is 2. The summed E-state index contributed by atoms with van der Waals surface area (Å²) in [5.41, 5.74) is 1.29. The van der Waals surface area contributed by atoms with Gasteiger partial charge >= 0.3 is 0 Å². The predicted octanol–water partition coefficient (Wildman–Crippen LogP) is 2.84. The fourth-order valence-corrected chi connectivity index (χ4v) is 3.35. The Morgan fingerprint density at radius 3 is 2.56 bits per heavy atom. The summed E-state index contributed by atoms with van der Waals surface area (Å²) >= 11 is 0. The Balaban J connectivity index is 1.71. The Kier molecular flexibility index (Phi) is 5.04. The van der Waals surface area contributed by atoms with Crippen LogP contribution >= 0.6 is 0 Å². The highest BCUT2D eigenvalue weighted by Crippen LogP contribution is 2.32. The van der Waals surface area contributed by atoms with E-state index in [0.29, 0.717) is 19.4 Å². The lowest BCUT2D eigenvalue weighted by atomic mass is 9.98. The molecule has 132 valence electrons. The number of aryl methyl sites for hydroxylation is 1. The van der Waals surface area contributed by atoms with Crippen LogP contribution < -0.4 is 10.9 Å². The van der Waals surface area contributed by atoms with E-state index in [2.05, 4.69) is 5.32 Å². The number of carbonyl (C=O) groups is 1. The second kappa shape index (κ2) is 7.23. The average Bonchev–Trinajstić information content (AvgIpc) is 2.99. The number of amides is 1. The van der Waals surface area contributed by atoms with Crippen molar-refractivity contribution < 1.29 is 9.90 Å². The molecule has 0 unspecified atom stereocenters. The van der Waals surface area contributed by atoms with Crippen LogP contribution in [0, 0.1) is 6.92 Å². The minimum absolute atomic E-state index is 0.0410. The van der Waals surface area contributed by atoms with Crippen molar-refractivity contribution in [3.8, 4) is 0 Å². The molecular weight excluding hydrogens is 316 g/mol. The summed E-state index contributed by atoms with van der Waals surface area (Å²) in [6.07, 6.45) is 4.93. The van der Waals surface area contributed by atoms with Crippen molar-refractivity contribution in [2.24, 2.45) is 0 Å². The quantitative estimate of drug-likeness (QED) is 0.879. The van der Waals surface area contributed by atoms with Gasteiger partial charge in [0.15, 0.2) is 0 Å². The third-order valence-corrected chi connectivity index (χ3v) is 4.79. The lowest BCUT2D eigenvalue weighted by Gasteiger charge is -2.21. The number of anilines is 1. The lowest BCUT2D eigenvalue weighted by molar-refractivity contribution is -0.120. The molecule has 1 aliphatic carbocycles. The zero-order valence-corrected chi connectivity index (χ0v) is 14.5. The normalized spacial score (nSPS) is 15.9. The summed E-state index contributed by atoms with van der Waals surface area (Å²) in [5.74, 6) is -0.311. The first-order valence-electron chi connectivity index (χ1n) is 8.72. The zero-order chi connectivity index (χ0) is 17.9. The van der Waals surface area contributed by atoms with E-state index in [1.165, 1.54) is 5.56 Å². The minimum Gasteiger partial charge on any atom is -0.389 e. The van der Waals surface area contributed by atoms with Crippen LogP contribution in [0.1, 0.15) is 43.2 Å². The molecule has 0 aliphatic heterocycles. The maximum Gasteiger partial charge on any atom is 0.274 e. The Bertz CT molecular complexity index is 802. The smallest absolute Gasteiger partial charge is 0.274 e. The first-order chi connectivity index (χ1) is 12.0. The molecule has 2 N–H and O–H groups in total. The monoisotopic (exact) mass is 340 g/mol. The SMILES string of the molecule is Cc1ccc(Cn2cccc(NC(=O)CC3(O)CCCC3)c2=O)cc1. The number of carbonyl (C=O) groups excluding carboxylic acids is 1. The van der Waals surface area contributed by atoms with Crippen LogP contribution in [0.5, 0.6) is 0 Å². The van der Waals surface area contributed by atoms with Gasteiger partial charge in [0, 0.05) is 6.20 Å². The van der Waals surface area contributed by atoms with Gasteiger partial charge in [-0.25, -0.2) is 0 Å². The van der Waals surface area contributed by atoms with E-state index in [4.69, 9.17) is 0 Å². The van der Waals surface area contributed by atoms with E-state index in [0.717, 1.165) is 18.4 Å². The van der Waals surface area contributed by atoms with Crippen molar-refractivity contribution in [3.63, 3.8) is 0 Å². The summed E-state index contributed by atoms with van der Waals surface area (Å²) < 4.78 is 1.57. The summed E-state index contributed by atoms with van der Waals surface area (Å²) in [7, 11) is 0. The molecule has 0 saturated heterocycles. The first kappa shape index (κ1) is 17.4. The maximum absolute atomic E-state index is 12.6. The summed E-state index contributed by atoms with van der Waals surface area (Å²) in [5, 5.41) is 13.0. The van der Waals surface area contributed by atoms with Gasteiger partial charge in [0.1, 0.15) is 5.69 Å². The maximum atomic E-state index is 12.6. The Labute approximate surface area is 147 Å². The number of rotatable bonds is 5. The van der Waals surface area contributed by atoms with Crippen LogP contribution in [-0.4, -0.2) is 21.2 Å². The Hall–Kier alpha value is -2.40. The van der Waals surface area contributed by atoms with Crippen LogP contribution in [0.2, 0.25) is 0 Å². The van der Waals surface area contributed by atoms with Crippen molar-refractivity contribution in [2.45, 2.75) is 51.2 Å². The zero-order valence-electron chi connectivity index (χ0n) is 14.5. The largest absolute Gasteiger partial charge is 0.389 e. The van der Waals surface area contributed by atoms with Crippen molar-refractivity contribution in [3.05, 3.63) is 64.1 Å². The van der Waals surface area contributed by atoms with Crippen LogP contribution in [0.3, 0.4) is 0 Å². The number of nitrogens with zero attached hydrogens (tertiary/aromatic N) is 1. The minimum atomic E-state index is -0.917. The molecule has 0 atom stereocenters. The summed E-state index contributed by atoms with van der Waals surface area (Å²) in [6.45, 7) is 2.47. The molecule has 0 bridgehead atoms. The molecule has 1 fully saturated rings. The number of hydrogen-bond acceptors (Lipinski definition) is 3. The molecule has 1 aromatic heterocycles. The number of pyridine rings is 1. The predicted molar refractivity (Wildman–Crippen MR) is 97.6 cm³/mol. The third kappa shape index (κ3) is 4.37. The van der Waals surface area contributed by atoms with Gasteiger partial charge in [-0.05, 0) is 37.5 Å². The molecule has 2 aromatic rings. The van der Waals surface area contributed by atoms with Gasteiger partial charge in [0.05, 0.1) is 18.6 Å². The molecule has 5 nitrogen and oxygen atoms in total. The Morgan fingerprint density at radius 2 is 1.88 bits per heavy atom. The van der Waals surface area contributed by atoms with E-state index in [1.54, 1.807) is 22.9 Å². The van der Waals surface area contributed by atoms with Gasteiger partial charge in [-0.1, -0.05) is 42.7 Å². The van der Waals surface area contributed by atoms with Crippen molar-refractivity contribution in [1.29, 1.82) is 0 Å². The highest BCUT2D eigenvalue weighted by atomic mass is 16.3. The molecule has 1 aliphatic rings. The van der Waals surface area contributed by atoms with Gasteiger partial charge < -0.3 is 15.0 Å². The molecule has 0 spiro atoms. The molecular formula is C20H24N2O3. The first-order valence-corrected chi connectivity index (χ1v) is 8.72. The van der Waals surface area contributed by atoms with Gasteiger partial charge in [-0.2, -0.15) is 0 Å². The van der Waals surface area contributed by atoms with E-state index in [1.807, 2.05) is 31.2 Å². The number of aliphatic hydroxyl groups is 1. The van der Waals surface area contributed by atoms with Crippen molar-refractivity contribution in [2.75, 3.05) is 5.32 Å².